The van der Waals surface area contributed by atoms with Crippen LogP contribution in [0.2, 0.25) is 0 Å². The molecule has 0 aliphatic heterocycles. The molecule has 0 aliphatic carbocycles. The van der Waals surface area contributed by atoms with Crippen molar-refractivity contribution in [2.24, 2.45) is 0 Å². The molecule has 0 saturated carbocycles. The highest BCUT2D eigenvalue weighted by Gasteiger charge is 2.22. The van der Waals surface area contributed by atoms with Crippen molar-refractivity contribution in [3.05, 3.63) is 169 Å². The minimum Gasteiger partial charge on any atom is -0.455 e. The van der Waals surface area contributed by atoms with Crippen LogP contribution in [0.25, 0.3) is 88.0 Å². The zero-order chi connectivity index (χ0) is 43.7. The Morgan fingerprint density at radius 1 is 0.356 bits per heavy atom. The fourth-order valence-electron chi connectivity index (χ4n) is 6.12. The zero-order valence-corrected chi connectivity index (χ0v) is 23.3. The van der Waals surface area contributed by atoms with E-state index in [1.807, 2.05) is 24.3 Å². The monoisotopic (exact) mass is 588 g/mol. The molecule has 0 spiro atoms. The molecule has 8 aromatic carbocycles. The molecule has 0 unspecified atom stereocenters. The smallest absolute Gasteiger partial charge is 0.143 e. The van der Waals surface area contributed by atoms with Crippen LogP contribution in [-0.4, -0.2) is 0 Å². The van der Waals surface area contributed by atoms with Gasteiger partial charge < -0.3 is 4.42 Å². The van der Waals surface area contributed by atoms with Gasteiger partial charge in [-0.2, -0.15) is 0 Å². The van der Waals surface area contributed by atoms with Crippen LogP contribution >= 0.6 is 0 Å². The predicted molar refractivity (Wildman–Crippen MR) is 190 cm³/mol. The Labute approximate surface area is 284 Å². The Hall–Kier alpha value is -5.92. The third-order valence-electron chi connectivity index (χ3n) is 8.02. The number of para-hydroxylation sites is 1. The minimum absolute atomic E-state index is 0.0270. The van der Waals surface area contributed by atoms with Crippen LogP contribution in [0.5, 0.6) is 0 Å². The van der Waals surface area contributed by atoms with Crippen molar-refractivity contribution in [3.8, 4) is 44.5 Å². The fourth-order valence-corrected chi connectivity index (χ4v) is 6.12. The quantitative estimate of drug-likeness (QED) is 0.186. The maximum absolute atomic E-state index is 9.74. The summed E-state index contributed by atoms with van der Waals surface area (Å²) in [6, 6.07) is 12.8. The van der Waals surface area contributed by atoms with Gasteiger partial charge in [-0.3, -0.25) is 0 Å². The second-order valence-electron chi connectivity index (χ2n) is 10.4. The molecule has 45 heavy (non-hydrogen) atoms. The van der Waals surface area contributed by atoms with Crippen molar-refractivity contribution in [1.82, 2.24) is 0 Å². The third-order valence-corrected chi connectivity index (χ3v) is 8.02. The van der Waals surface area contributed by atoms with Crippen LogP contribution in [-0.2, 0) is 0 Å². The summed E-state index contributed by atoms with van der Waals surface area (Å²) in [7, 11) is 0. The Bertz CT molecular complexity index is 3310. The average Bonchev–Trinajstić information content (AvgIpc) is 3.67. The van der Waals surface area contributed by atoms with E-state index in [1.165, 1.54) is 0 Å². The highest BCUT2D eigenvalue weighted by atomic mass is 16.3. The molecule has 0 radical (unpaired) electrons. The Morgan fingerprint density at radius 3 is 1.53 bits per heavy atom. The highest BCUT2D eigenvalue weighted by molar-refractivity contribution is 6.24. The molecule has 1 nitrogen and oxygen atoms in total. The lowest BCUT2D eigenvalue weighted by molar-refractivity contribution is 0.670. The fraction of sp³-hybridized carbons (Fsp3) is 0. The van der Waals surface area contributed by atoms with Crippen molar-refractivity contribution in [2.75, 3.05) is 0 Å². The van der Waals surface area contributed by atoms with E-state index in [2.05, 4.69) is 0 Å². The minimum atomic E-state index is -0.672. The van der Waals surface area contributed by atoms with E-state index in [4.69, 9.17) is 23.6 Å². The summed E-state index contributed by atoms with van der Waals surface area (Å²) in [5, 5.41) is 2.00. The molecular formula is C44H28O. The first kappa shape index (κ1) is 14.2. The van der Waals surface area contributed by atoms with Gasteiger partial charge in [0.2, 0.25) is 0 Å². The van der Waals surface area contributed by atoms with Crippen LogP contribution in [0.3, 0.4) is 0 Å². The second kappa shape index (κ2) is 10.4. The van der Waals surface area contributed by atoms with Crippen molar-refractivity contribution >= 4 is 43.5 Å². The standard InChI is InChI=1S/C44H28O/c1-3-13-29(14-4-1)30-23-25-32(26-24-30)41-34-18-7-9-20-36(34)43(37-21-10-8-19-35(37)41)39-28-27-38-33-17-11-12-22-40(33)45-44(38)42(39)31-15-5-2-6-16-31/h1-28H/i1D,2D,3D,4D,5D,6D,11D,12D,13D,14D,15D,16D,17D,22D,27D,28D. The number of rotatable bonds is 4. The normalized spacial score (nSPS) is 16.5. The summed E-state index contributed by atoms with van der Waals surface area (Å²) >= 11 is 0. The number of furan rings is 1. The lowest BCUT2D eigenvalue weighted by Gasteiger charge is -2.20. The SMILES string of the molecule is [2H]c1c([2H])c([2H])c(-c2ccc(-c3c4ccccc4c(-c4c([2H])c([2H])c5c(oc6c([2H])c([2H])c([2H])c([2H])c65)c4-c4c([2H])c([2H])c([2H])c([2H])c4[2H])c4ccccc34)cc2)c([2H])c1[2H]. The van der Waals surface area contributed by atoms with Crippen molar-refractivity contribution in [1.29, 1.82) is 0 Å². The number of benzene rings is 8. The van der Waals surface area contributed by atoms with Gasteiger partial charge in [-0.05, 0) is 72.6 Å². The van der Waals surface area contributed by atoms with Crippen molar-refractivity contribution in [3.63, 3.8) is 0 Å². The van der Waals surface area contributed by atoms with E-state index in [0.29, 0.717) is 38.2 Å². The molecule has 0 N–H and O–H groups in total. The van der Waals surface area contributed by atoms with Crippen LogP contribution in [0.4, 0.5) is 0 Å². The Kier molecular flexibility index (Phi) is 3.28. The van der Waals surface area contributed by atoms with E-state index in [-0.39, 0.29) is 56.3 Å². The molecule has 0 aliphatic rings. The summed E-state index contributed by atoms with van der Waals surface area (Å²) < 4.78 is 145. The van der Waals surface area contributed by atoms with Gasteiger partial charge in [0.25, 0.3) is 0 Å². The van der Waals surface area contributed by atoms with Gasteiger partial charge in [0, 0.05) is 16.3 Å². The largest absolute Gasteiger partial charge is 0.455 e. The molecule has 0 saturated heterocycles. The molecule has 1 heterocycles. The topological polar surface area (TPSA) is 13.1 Å². The summed E-state index contributed by atoms with van der Waals surface area (Å²) in [5.74, 6) is 0. The van der Waals surface area contributed by atoms with Crippen LogP contribution in [0.1, 0.15) is 21.9 Å². The zero-order valence-electron chi connectivity index (χ0n) is 39.3. The second-order valence-corrected chi connectivity index (χ2v) is 10.4. The van der Waals surface area contributed by atoms with Gasteiger partial charge in [-0.15, -0.1) is 0 Å². The van der Waals surface area contributed by atoms with E-state index in [9.17, 15) is 2.74 Å². The number of hydrogen-bond donors (Lipinski definition) is 0. The molecule has 0 atom stereocenters. The molecule has 0 amide bonds. The molecular weight excluding hydrogens is 544 g/mol. The van der Waals surface area contributed by atoms with Crippen molar-refractivity contribution in [2.45, 2.75) is 0 Å². The Balaban J connectivity index is 1.44. The van der Waals surface area contributed by atoms with Crippen LogP contribution in [0, 0.1) is 0 Å². The molecule has 0 bridgehead atoms. The first-order valence-electron chi connectivity index (χ1n) is 22.1. The molecule has 1 aromatic heterocycles. The first-order chi connectivity index (χ1) is 29.0. The first-order valence-corrected chi connectivity index (χ1v) is 14.1. The summed E-state index contributed by atoms with van der Waals surface area (Å²) in [4.78, 5) is 0. The van der Waals surface area contributed by atoms with Gasteiger partial charge >= 0.3 is 0 Å². The van der Waals surface area contributed by atoms with Crippen LogP contribution in [0.15, 0.2) is 174 Å². The lowest BCUT2D eigenvalue weighted by atomic mass is 9.83. The number of hydrogen-bond acceptors (Lipinski definition) is 1. The summed E-state index contributed by atoms with van der Waals surface area (Å²) in [6.45, 7) is 0. The Morgan fingerprint density at radius 2 is 0.889 bits per heavy atom. The maximum atomic E-state index is 9.74. The van der Waals surface area contributed by atoms with Gasteiger partial charge in [-0.25, -0.2) is 0 Å². The average molecular weight is 589 g/mol. The van der Waals surface area contributed by atoms with Gasteiger partial charge in [-0.1, -0.05) is 157 Å². The van der Waals surface area contributed by atoms with E-state index < -0.39 is 84.6 Å². The summed E-state index contributed by atoms with van der Waals surface area (Å²) in [5.41, 5.74) is 1.09. The van der Waals surface area contributed by atoms with Crippen molar-refractivity contribution < 1.29 is 26.3 Å². The van der Waals surface area contributed by atoms with Gasteiger partial charge in [0.1, 0.15) is 11.2 Å². The highest BCUT2D eigenvalue weighted by Crippen LogP contribution is 2.48. The summed E-state index contributed by atoms with van der Waals surface area (Å²) in [6.07, 6.45) is 0. The molecule has 210 valence electrons. The molecule has 0 fully saturated rings. The van der Waals surface area contributed by atoms with Gasteiger partial charge in [0.15, 0.2) is 0 Å². The molecule has 9 aromatic rings. The molecule has 1 heteroatoms. The van der Waals surface area contributed by atoms with Crippen LogP contribution < -0.4 is 0 Å². The number of fused-ring (bicyclic) bond motifs is 5. The lowest BCUT2D eigenvalue weighted by Crippen LogP contribution is -1.93. The van der Waals surface area contributed by atoms with E-state index >= 15 is 0 Å². The molecule has 9 rings (SSSR count). The third kappa shape index (κ3) is 4.09. The van der Waals surface area contributed by atoms with E-state index in [1.54, 1.807) is 48.5 Å². The van der Waals surface area contributed by atoms with E-state index in [0.717, 1.165) is 5.56 Å². The van der Waals surface area contributed by atoms with Gasteiger partial charge in [0.05, 0.1) is 21.9 Å². The maximum Gasteiger partial charge on any atom is 0.143 e. The predicted octanol–water partition coefficient (Wildman–Crippen LogP) is 12.6.